The summed E-state index contributed by atoms with van der Waals surface area (Å²) >= 11 is 3.63. The zero-order chi connectivity index (χ0) is 14.3. The molecule has 1 saturated carbocycles. The lowest BCUT2D eigenvalue weighted by Crippen LogP contribution is -2.17. The van der Waals surface area contributed by atoms with E-state index >= 15 is 0 Å². The summed E-state index contributed by atoms with van der Waals surface area (Å²) in [4.78, 5) is 4.84. The van der Waals surface area contributed by atoms with Crippen molar-refractivity contribution in [3.05, 3.63) is 28.0 Å². The fraction of sp³-hybridized carbons (Fsp3) is 0.562. The summed E-state index contributed by atoms with van der Waals surface area (Å²) in [6.07, 6.45) is 7.37. The van der Waals surface area contributed by atoms with E-state index in [1.54, 1.807) is 0 Å². The first-order valence-electron chi connectivity index (χ1n) is 7.51. The molecule has 2 heterocycles. The third-order valence-corrected chi connectivity index (χ3v) is 5.00. The minimum Gasteiger partial charge on any atom is -0.367 e. The molecule has 0 aliphatic heterocycles. The summed E-state index contributed by atoms with van der Waals surface area (Å²) in [5.74, 6) is 1.61. The molecule has 4 heteroatoms. The van der Waals surface area contributed by atoms with Gasteiger partial charge >= 0.3 is 0 Å². The summed E-state index contributed by atoms with van der Waals surface area (Å²) in [5, 5.41) is 3.74. The molecule has 108 valence electrons. The van der Waals surface area contributed by atoms with Crippen LogP contribution >= 0.6 is 15.9 Å². The van der Waals surface area contributed by atoms with Gasteiger partial charge in [-0.05, 0) is 53.2 Å². The molecule has 2 aromatic rings. The van der Waals surface area contributed by atoms with Gasteiger partial charge in [0.05, 0.1) is 5.69 Å². The van der Waals surface area contributed by atoms with E-state index < -0.39 is 0 Å². The van der Waals surface area contributed by atoms with Crippen molar-refractivity contribution >= 4 is 27.4 Å². The van der Waals surface area contributed by atoms with Gasteiger partial charge in [0.25, 0.3) is 0 Å². The van der Waals surface area contributed by atoms with E-state index in [0.717, 1.165) is 10.1 Å². The highest BCUT2D eigenvalue weighted by atomic mass is 79.9. The van der Waals surface area contributed by atoms with Crippen LogP contribution in [0, 0.1) is 6.92 Å². The van der Waals surface area contributed by atoms with Crippen molar-refractivity contribution in [3.8, 4) is 0 Å². The normalized spacial score (nSPS) is 16.4. The molecule has 2 aromatic heterocycles. The predicted octanol–water partition coefficient (Wildman–Crippen LogP) is 4.88. The molecule has 20 heavy (non-hydrogen) atoms. The lowest BCUT2D eigenvalue weighted by atomic mass is 10.1. The minimum absolute atomic E-state index is 0.429. The quantitative estimate of drug-likeness (QED) is 0.865. The monoisotopic (exact) mass is 335 g/mol. The molecule has 1 N–H and O–H groups in total. The molecule has 1 aliphatic rings. The molecule has 0 unspecified atom stereocenters. The Kier molecular flexibility index (Phi) is 3.76. The summed E-state index contributed by atoms with van der Waals surface area (Å²) in [5.41, 5.74) is 3.44. The van der Waals surface area contributed by atoms with Crippen molar-refractivity contribution in [2.45, 2.75) is 58.4 Å². The Morgan fingerprint density at radius 1 is 1.35 bits per heavy atom. The van der Waals surface area contributed by atoms with Gasteiger partial charge in [-0.3, -0.25) is 4.40 Å². The zero-order valence-electron chi connectivity index (χ0n) is 12.4. The third-order valence-electron chi connectivity index (χ3n) is 4.17. The smallest absolute Gasteiger partial charge is 0.139 e. The maximum Gasteiger partial charge on any atom is 0.139 e. The Bertz CT molecular complexity index is 624. The van der Waals surface area contributed by atoms with E-state index in [4.69, 9.17) is 4.98 Å². The van der Waals surface area contributed by atoms with Crippen molar-refractivity contribution in [2.75, 3.05) is 5.32 Å². The van der Waals surface area contributed by atoms with Crippen molar-refractivity contribution in [1.29, 1.82) is 0 Å². The highest BCUT2D eigenvalue weighted by molar-refractivity contribution is 9.10. The van der Waals surface area contributed by atoms with Gasteiger partial charge < -0.3 is 5.32 Å². The number of halogens is 1. The van der Waals surface area contributed by atoms with Crippen LogP contribution < -0.4 is 5.32 Å². The summed E-state index contributed by atoms with van der Waals surface area (Å²) in [6, 6.07) is 2.75. The number of aromatic nitrogens is 2. The van der Waals surface area contributed by atoms with Crippen LogP contribution in [0.15, 0.2) is 16.7 Å². The molecule has 0 radical (unpaired) electrons. The Balaban J connectivity index is 2.10. The SMILES string of the molecule is Cc1cc2nc(C(C)C)c(NC3CCCC3)n2cc1Br. The van der Waals surface area contributed by atoms with Crippen molar-refractivity contribution in [2.24, 2.45) is 0 Å². The average molecular weight is 336 g/mol. The van der Waals surface area contributed by atoms with Crippen LogP contribution in [0.4, 0.5) is 5.82 Å². The Morgan fingerprint density at radius 3 is 2.70 bits per heavy atom. The van der Waals surface area contributed by atoms with Gasteiger partial charge in [-0.2, -0.15) is 0 Å². The number of fused-ring (bicyclic) bond motifs is 1. The lowest BCUT2D eigenvalue weighted by molar-refractivity contribution is 0.740. The number of hydrogen-bond donors (Lipinski definition) is 1. The van der Waals surface area contributed by atoms with Gasteiger partial charge in [0, 0.05) is 16.7 Å². The van der Waals surface area contributed by atoms with E-state index in [0.29, 0.717) is 12.0 Å². The number of nitrogens with one attached hydrogen (secondary N) is 1. The van der Waals surface area contributed by atoms with Crippen molar-refractivity contribution in [1.82, 2.24) is 9.38 Å². The van der Waals surface area contributed by atoms with Gasteiger partial charge in [0.1, 0.15) is 11.5 Å². The maximum atomic E-state index is 4.84. The van der Waals surface area contributed by atoms with Crippen LogP contribution in [0.2, 0.25) is 0 Å². The minimum atomic E-state index is 0.429. The van der Waals surface area contributed by atoms with Crippen LogP contribution in [0.1, 0.15) is 56.7 Å². The highest BCUT2D eigenvalue weighted by Crippen LogP contribution is 2.31. The maximum absolute atomic E-state index is 4.84. The molecule has 0 bridgehead atoms. The molecular formula is C16H22BrN3. The standard InChI is InChI=1S/C16H22BrN3/c1-10(2)15-16(18-12-6-4-5-7-12)20-9-13(17)11(3)8-14(20)19-15/h8-10,12,18H,4-7H2,1-3H3. The van der Waals surface area contributed by atoms with E-state index in [1.807, 2.05) is 0 Å². The van der Waals surface area contributed by atoms with E-state index in [9.17, 15) is 0 Å². The second kappa shape index (κ2) is 5.40. The van der Waals surface area contributed by atoms with E-state index in [1.165, 1.54) is 42.8 Å². The number of nitrogens with zero attached hydrogens (tertiary/aromatic N) is 2. The molecule has 1 aliphatic carbocycles. The van der Waals surface area contributed by atoms with Gasteiger partial charge in [-0.25, -0.2) is 4.98 Å². The molecular weight excluding hydrogens is 314 g/mol. The number of aryl methyl sites for hydroxylation is 1. The number of pyridine rings is 1. The zero-order valence-corrected chi connectivity index (χ0v) is 14.0. The Labute approximate surface area is 128 Å². The van der Waals surface area contributed by atoms with Gasteiger partial charge in [0.2, 0.25) is 0 Å². The van der Waals surface area contributed by atoms with Gasteiger partial charge in [-0.1, -0.05) is 26.7 Å². The molecule has 0 saturated heterocycles. The molecule has 0 amide bonds. The van der Waals surface area contributed by atoms with Crippen molar-refractivity contribution in [3.63, 3.8) is 0 Å². The van der Waals surface area contributed by atoms with Crippen molar-refractivity contribution < 1.29 is 0 Å². The Morgan fingerprint density at radius 2 is 2.05 bits per heavy atom. The van der Waals surface area contributed by atoms with Crippen LogP contribution in [-0.4, -0.2) is 15.4 Å². The number of rotatable bonds is 3. The highest BCUT2D eigenvalue weighted by Gasteiger charge is 2.21. The fourth-order valence-electron chi connectivity index (χ4n) is 2.99. The van der Waals surface area contributed by atoms with Gasteiger partial charge in [0.15, 0.2) is 0 Å². The first-order valence-corrected chi connectivity index (χ1v) is 8.30. The largest absolute Gasteiger partial charge is 0.367 e. The fourth-order valence-corrected chi connectivity index (χ4v) is 3.31. The number of imidazole rings is 1. The molecule has 0 aromatic carbocycles. The number of anilines is 1. The summed E-state index contributed by atoms with van der Waals surface area (Å²) in [6.45, 7) is 6.53. The van der Waals surface area contributed by atoms with Crippen LogP contribution in [-0.2, 0) is 0 Å². The molecule has 3 nitrogen and oxygen atoms in total. The lowest BCUT2D eigenvalue weighted by Gasteiger charge is -2.16. The predicted molar refractivity (Wildman–Crippen MR) is 87.6 cm³/mol. The van der Waals surface area contributed by atoms with Crippen LogP contribution in [0.25, 0.3) is 5.65 Å². The van der Waals surface area contributed by atoms with Crippen LogP contribution in [0.5, 0.6) is 0 Å². The molecule has 0 atom stereocenters. The van der Waals surface area contributed by atoms with Gasteiger partial charge in [-0.15, -0.1) is 0 Å². The molecule has 1 fully saturated rings. The third kappa shape index (κ3) is 2.46. The van der Waals surface area contributed by atoms with Crippen LogP contribution in [0.3, 0.4) is 0 Å². The average Bonchev–Trinajstić information content (AvgIpc) is 3.00. The summed E-state index contributed by atoms with van der Waals surface area (Å²) < 4.78 is 3.33. The Hall–Kier alpha value is -1.03. The second-order valence-electron chi connectivity index (χ2n) is 6.16. The first-order chi connectivity index (χ1) is 9.56. The first kappa shape index (κ1) is 13.9. The molecule has 0 spiro atoms. The second-order valence-corrected chi connectivity index (χ2v) is 7.01. The molecule has 3 rings (SSSR count). The van der Waals surface area contributed by atoms with E-state index in [-0.39, 0.29) is 0 Å². The topological polar surface area (TPSA) is 29.3 Å². The number of hydrogen-bond acceptors (Lipinski definition) is 2. The summed E-state index contributed by atoms with van der Waals surface area (Å²) in [7, 11) is 0. The van der Waals surface area contributed by atoms with E-state index in [2.05, 4.69) is 58.7 Å².